The van der Waals surface area contributed by atoms with Gasteiger partial charge in [-0.3, -0.25) is 4.79 Å². The number of thioether (sulfide) groups is 1. The summed E-state index contributed by atoms with van der Waals surface area (Å²) in [4.78, 5) is 13.0. The smallest absolute Gasteiger partial charge is 0.306 e. The average Bonchev–Trinajstić information content (AvgIpc) is 3.02. The molecule has 0 N–H and O–H groups in total. The lowest BCUT2D eigenvalue weighted by Crippen LogP contribution is -2.24. The van der Waals surface area contributed by atoms with Gasteiger partial charge < -0.3 is 4.74 Å². The minimum absolute atomic E-state index is 0.0130. The van der Waals surface area contributed by atoms with E-state index in [2.05, 4.69) is 12.1 Å². The lowest BCUT2D eigenvalue weighted by Gasteiger charge is -2.21. The first-order valence-corrected chi connectivity index (χ1v) is 8.17. The molecule has 0 amide bonds. The molecular formula is C16H20O2S. The molecule has 2 fully saturated rings. The number of ether oxygens (including phenoxy) is 1. The van der Waals surface area contributed by atoms with Crippen molar-refractivity contribution >= 4 is 17.7 Å². The van der Waals surface area contributed by atoms with Gasteiger partial charge in [-0.2, -0.15) is 0 Å². The highest BCUT2D eigenvalue weighted by molar-refractivity contribution is 7.99. The van der Waals surface area contributed by atoms with Crippen LogP contribution in [0.2, 0.25) is 0 Å². The second-order valence-corrected chi connectivity index (χ2v) is 6.78. The van der Waals surface area contributed by atoms with Crippen LogP contribution in [0.3, 0.4) is 0 Å². The SMILES string of the molecule is O=C(CCSc1ccccc1)OC1CC2CCC1C2. The molecule has 2 aliphatic rings. The topological polar surface area (TPSA) is 26.3 Å². The van der Waals surface area contributed by atoms with E-state index in [1.54, 1.807) is 11.8 Å². The Morgan fingerprint density at radius 1 is 1.21 bits per heavy atom. The standard InChI is InChI=1S/C16H20O2S/c17-16(8-9-19-14-4-2-1-3-5-14)18-15-11-12-6-7-13(15)10-12/h1-5,12-13,15H,6-11H2. The van der Waals surface area contributed by atoms with Crippen molar-refractivity contribution in [3.8, 4) is 0 Å². The minimum Gasteiger partial charge on any atom is -0.462 e. The number of esters is 1. The summed E-state index contributed by atoms with van der Waals surface area (Å²) in [6, 6.07) is 10.2. The quantitative estimate of drug-likeness (QED) is 0.602. The summed E-state index contributed by atoms with van der Waals surface area (Å²) in [5, 5.41) is 0. The summed E-state index contributed by atoms with van der Waals surface area (Å²) in [6.07, 6.45) is 5.77. The van der Waals surface area contributed by atoms with Gasteiger partial charge in [0, 0.05) is 10.6 Å². The van der Waals surface area contributed by atoms with Gasteiger partial charge in [0.2, 0.25) is 0 Å². The van der Waals surface area contributed by atoms with Crippen LogP contribution in [0.5, 0.6) is 0 Å². The Bertz CT molecular complexity index is 432. The predicted octanol–water partition coefficient (Wildman–Crippen LogP) is 3.90. The molecule has 3 atom stereocenters. The van der Waals surface area contributed by atoms with Gasteiger partial charge in [-0.25, -0.2) is 0 Å². The number of carbonyl (C=O) groups excluding carboxylic acids is 1. The third kappa shape index (κ3) is 3.33. The Morgan fingerprint density at radius 2 is 2.05 bits per heavy atom. The Morgan fingerprint density at radius 3 is 2.74 bits per heavy atom. The molecule has 19 heavy (non-hydrogen) atoms. The maximum Gasteiger partial charge on any atom is 0.306 e. The molecule has 0 radical (unpaired) electrons. The van der Waals surface area contributed by atoms with Crippen LogP contribution in [0.15, 0.2) is 35.2 Å². The first-order chi connectivity index (χ1) is 9.31. The van der Waals surface area contributed by atoms with E-state index in [4.69, 9.17) is 4.74 Å². The Balaban J connectivity index is 1.38. The van der Waals surface area contributed by atoms with Gasteiger partial charge >= 0.3 is 5.97 Å². The van der Waals surface area contributed by atoms with Gasteiger partial charge in [0.25, 0.3) is 0 Å². The van der Waals surface area contributed by atoms with Gasteiger partial charge in [0.05, 0.1) is 6.42 Å². The van der Waals surface area contributed by atoms with Crippen LogP contribution in [0.4, 0.5) is 0 Å². The van der Waals surface area contributed by atoms with Crippen LogP contribution in [-0.4, -0.2) is 17.8 Å². The summed E-state index contributed by atoms with van der Waals surface area (Å²) in [5.74, 6) is 2.29. The van der Waals surface area contributed by atoms with Crippen LogP contribution < -0.4 is 0 Å². The van der Waals surface area contributed by atoms with E-state index in [-0.39, 0.29) is 12.1 Å². The molecule has 3 unspecified atom stereocenters. The van der Waals surface area contributed by atoms with Gasteiger partial charge in [-0.15, -0.1) is 11.8 Å². The van der Waals surface area contributed by atoms with Gasteiger partial charge in [0.1, 0.15) is 6.10 Å². The fourth-order valence-electron chi connectivity index (χ4n) is 3.33. The third-order valence-electron chi connectivity index (χ3n) is 4.27. The lowest BCUT2D eigenvalue weighted by atomic mass is 9.98. The molecule has 0 heterocycles. The lowest BCUT2D eigenvalue weighted by molar-refractivity contribution is -0.151. The molecular weight excluding hydrogens is 256 g/mol. The summed E-state index contributed by atoms with van der Waals surface area (Å²) < 4.78 is 5.63. The molecule has 2 bridgehead atoms. The molecule has 0 spiro atoms. The molecule has 0 aromatic heterocycles. The summed E-state index contributed by atoms with van der Waals surface area (Å²) in [6.45, 7) is 0. The summed E-state index contributed by atoms with van der Waals surface area (Å²) >= 11 is 1.72. The number of hydrogen-bond donors (Lipinski definition) is 0. The van der Waals surface area contributed by atoms with Crippen molar-refractivity contribution in [2.45, 2.75) is 43.1 Å². The molecule has 2 aliphatic carbocycles. The first kappa shape index (κ1) is 13.0. The van der Waals surface area contributed by atoms with Crippen LogP contribution in [0.25, 0.3) is 0 Å². The van der Waals surface area contributed by atoms with Crippen molar-refractivity contribution in [3.63, 3.8) is 0 Å². The fourth-order valence-corrected chi connectivity index (χ4v) is 4.18. The number of rotatable bonds is 5. The molecule has 0 aliphatic heterocycles. The van der Waals surface area contributed by atoms with Crippen LogP contribution in [0.1, 0.15) is 32.1 Å². The fraction of sp³-hybridized carbons (Fsp3) is 0.562. The molecule has 2 saturated carbocycles. The normalized spacial score (nSPS) is 28.5. The van der Waals surface area contributed by atoms with E-state index >= 15 is 0 Å². The second-order valence-electron chi connectivity index (χ2n) is 5.61. The van der Waals surface area contributed by atoms with Crippen molar-refractivity contribution in [3.05, 3.63) is 30.3 Å². The van der Waals surface area contributed by atoms with Crippen LogP contribution in [-0.2, 0) is 9.53 Å². The maximum absolute atomic E-state index is 11.8. The zero-order valence-corrected chi connectivity index (χ0v) is 11.9. The first-order valence-electron chi connectivity index (χ1n) is 7.18. The zero-order valence-electron chi connectivity index (χ0n) is 11.1. The largest absolute Gasteiger partial charge is 0.462 e. The van der Waals surface area contributed by atoms with Crippen molar-refractivity contribution < 1.29 is 9.53 Å². The number of fused-ring (bicyclic) bond motifs is 2. The molecule has 1 aromatic carbocycles. The molecule has 102 valence electrons. The Kier molecular flexibility index (Phi) is 4.12. The van der Waals surface area contributed by atoms with E-state index < -0.39 is 0 Å². The van der Waals surface area contributed by atoms with E-state index in [0.717, 1.165) is 18.1 Å². The second kappa shape index (κ2) is 6.00. The molecule has 3 rings (SSSR count). The van der Waals surface area contributed by atoms with E-state index in [0.29, 0.717) is 12.3 Å². The molecule has 0 saturated heterocycles. The summed E-state index contributed by atoms with van der Waals surface area (Å²) in [5.41, 5.74) is 0. The number of hydrogen-bond acceptors (Lipinski definition) is 3. The molecule has 3 heteroatoms. The average molecular weight is 276 g/mol. The van der Waals surface area contributed by atoms with E-state index in [1.165, 1.54) is 24.2 Å². The highest BCUT2D eigenvalue weighted by atomic mass is 32.2. The highest BCUT2D eigenvalue weighted by Gasteiger charge is 2.41. The van der Waals surface area contributed by atoms with Crippen LogP contribution in [0, 0.1) is 11.8 Å². The third-order valence-corrected chi connectivity index (χ3v) is 5.29. The zero-order chi connectivity index (χ0) is 13.1. The number of benzene rings is 1. The van der Waals surface area contributed by atoms with Gasteiger partial charge in [-0.05, 0) is 49.7 Å². The van der Waals surface area contributed by atoms with Gasteiger partial charge in [0.15, 0.2) is 0 Å². The predicted molar refractivity (Wildman–Crippen MR) is 77.1 cm³/mol. The number of carbonyl (C=O) groups is 1. The van der Waals surface area contributed by atoms with Crippen molar-refractivity contribution in [1.82, 2.24) is 0 Å². The Labute approximate surface area is 118 Å². The van der Waals surface area contributed by atoms with Gasteiger partial charge in [-0.1, -0.05) is 18.2 Å². The highest BCUT2D eigenvalue weighted by Crippen LogP contribution is 2.45. The van der Waals surface area contributed by atoms with Crippen molar-refractivity contribution in [1.29, 1.82) is 0 Å². The molecule has 2 nitrogen and oxygen atoms in total. The Hall–Kier alpha value is -0.960. The minimum atomic E-state index is -0.0130. The van der Waals surface area contributed by atoms with E-state index in [1.807, 2.05) is 18.2 Å². The van der Waals surface area contributed by atoms with Crippen molar-refractivity contribution in [2.75, 3.05) is 5.75 Å². The van der Waals surface area contributed by atoms with Crippen LogP contribution >= 0.6 is 11.8 Å². The summed E-state index contributed by atoms with van der Waals surface area (Å²) in [7, 11) is 0. The van der Waals surface area contributed by atoms with E-state index in [9.17, 15) is 4.79 Å². The molecule has 1 aromatic rings. The maximum atomic E-state index is 11.8. The van der Waals surface area contributed by atoms with Crippen molar-refractivity contribution in [2.24, 2.45) is 11.8 Å². The monoisotopic (exact) mass is 276 g/mol.